The maximum Gasteiger partial charge on any atom is 0.326 e. The van der Waals surface area contributed by atoms with E-state index in [9.17, 15) is 4.79 Å². The minimum atomic E-state index is -0.277. The molecule has 3 aromatic heterocycles. The molecule has 0 radical (unpaired) electrons. The van der Waals surface area contributed by atoms with Crippen molar-refractivity contribution < 1.29 is 9.53 Å². The summed E-state index contributed by atoms with van der Waals surface area (Å²) in [4.78, 5) is 27.1. The molecule has 1 saturated heterocycles. The van der Waals surface area contributed by atoms with Gasteiger partial charge in [-0.05, 0) is 34.8 Å². The molecule has 3 aromatic rings. The van der Waals surface area contributed by atoms with Gasteiger partial charge in [-0.15, -0.1) is 4.80 Å². The Kier molecular flexibility index (Phi) is 5.94. The molecule has 166 valence electrons. The van der Waals surface area contributed by atoms with Crippen molar-refractivity contribution in [3.63, 3.8) is 0 Å². The Bertz CT molecular complexity index is 1120. The first kappa shape index (κ1) is 21.1. The first-order valence-electron chi connectivity index (χ1n) is 10.2. The van der Waals surface area contributed by atoms with E-state index >= 15 is 0 Å². The molecule has 32 heavy (non-hydrogen) atoms. The predicted octanol–water partition coefficient (Wildman–Crippen LogP) is 3.51. The van der Waals surface area contributed by atoms with Crippen molar-refractivity contribution in [3.8, 4) is 5.82 Å². The molecule has 0 atom stereocenters. The third kappa shape index (κ3) is 4.03. The van der Waals surface area contributed by atoms with Gasteiger partial charge >= 0.3 is 6.03 Å². The number of halogens is 2. The smallest absolute Gasteiger partial charge is 0.326 e. The summed E-state index contributed by atoms with van der Waals surface area (Å²) in [6, 6.07) is 1.72. The Morgan fingerprint density at radius 1 is 1.16 bits per heavy atom. The largest absolute Gasteiger partial charge is 0.381 e. The van der Waals surface area contributed by atoms with Crippen LogP contribution in [0.2, 0.25) is 5.02 Å². The summed E-state index contributed by atoms with van der Waals surface area (Å²) in [5.41, 5.74) is 2.21. The van der Waals surface area contributed by atoms with Gasteiger partial charge in [0, 0.05) is 38.5 Å². The molecule has 0 aliphatic carbocycles. The van der Waals surface area contributed by atoms with E-state index in [1.54, 1.807) is 23.4 Å². The summed E-state index contributed by atoms with van der Waals surface area (Å²) in [7, 11) is 0. The molecule has 0 saturated carbocycles. The molecule has 1 N–H and O–H groups in total. The first-order valence-corrected chi connectivity index (χ1v) is 11.4. The molecule has 0 bridgehead atoms. The third-order valence-corrected chi connectivity index (χ3v) is 6.41. The topological polar surface area (TPSA) is 101 Å². The van der Waals surface area contributed by atoms with Crippen LogP contribution in [0.15, 0.2) is 41.5 Å². The minimum absolute atomic E-state index is 0.277. The molecule has 2 aliphatic heterocycles. The average Bonchev–Trinajstić information content (AvgIpc) is 3.34. The zero-order chi connectivity index (χ0) is 22.1. The fourth-order valence-corrected chi connectivity index (χ4v) is 4.87. The summed E-state index contributed by atoms with van der Waals surface area (Å²) in [6.45, 7) is 2.75. The van der Waals surface area contributed by atoms with E-state index in [0.717, 1.165) is 48.4 Å². The van der Waals surface area contributed by atoms with Gasteiger partial charge in [-0.1, -0.05) is 11.6 Å². The lowest BCUT2D eigenvalue weighted by Gasteiger charge is -2.43. The molecular weight excluding hydrogens is 500 g/mol. The Balaban J connectivity index is 1.38. The third-order valence-electron chi connectivity index (χ3n) is 5.55. The lowest BCUT2D eigenvalue weighted by Crippen LogP contribution is -2.50. The van der Waals surface area contributed by atoms with Crippen molar-refractivity contribution in [1.82, 2.24) is 25.0 Å². The van der Waals surface area contributed by atoms with Crippen LogP contribution in [0.1, 0.15) is 12.8 Å². The monoisotopic (exact) mass is 518 g/mol. The molecule has 2 amide bonds. The van der Waals surface area contributed by atoms with Gasteiger partial charge in [0.2, 0.25) is 0 Å². The van der Waals surface area contributed by atoms with Crippen LogP contribution in [-0.2, 0) is 4.74 Å². The number of pyridine rings is 2. The second kappa shape index (κ2) is 9.00. The number of nitrogens with zero attached hydrogens (tertiary/aromatic N) is 7. The van der Waals surface area contributed by atoms with Gasteiger partial charge in [-0.3, -0.25) is 9.88 Å². The van der Waals surface area contributed by atoms with E-state index in [-0.39, 0.29) is 6.03 Å². The number of fused-ring (bicyclic) bond motifs is 1. The quantitative estimate of drug-likeness (QED) is 0.565. The minimum Gasteiger partial charge on any atom is -0.381 e. The molecule has 2 aliphatic rings. The van der Waals surface area contributed by atoms with Gasteiger partial charge in [0.25, 0.3) is 0 Å². The van der Waals surface area contributed by atoms with E-state index in [1.165, 1.54) is 23.4 Å². The fourth-order valence-electron chi connectivity index (χ4n) is 4.07. The zero-order valence-corrected chi connectivity index (χ0v) is 19.3. The first-order chi connectivity index (χ1) is 15.6. The van der Waals surface area contributed by atoms with E-state index < -0.39 is 0 Å². The van der Waals surface area contributed by atoms with Crippen LogP contribution in [0.4, 0.5) is 21.9 Å². The molecule has 5 heterocycles. The maximum absolute atomic E-state index is 13.2. The number of carbonyl (C=O) groups excluding carboxylic acids is 1. The number of ether oxygens (including phenoxy) is 1. The van der Waals surface area contributed by atoms with E-state index in [2.05, 4.69) is 46.3 Å². The number of aromatic nitrogens is 5. The van der Waals surface area contributed by atoms with Crippen LogP contribution in [-0.4, -0.2) is 63.3 Å². The Morgan fingerprint density at radius 3 is 2.69 bits per heavy atom. The van der Waals surface area contributed by atoms with Crippen molar-refractivity contribution in [2.75, 3.05) is 41.4 Å². The summed E-state index contributed by atoms with van der Waals surface area (Å²) in [6.07, 6.45) is 10.0. The van der Waals surface area contributed by atoms with Crippen molar-refractivity contribution >= 4 is 50.6 Å². The maximum atomic E-state index is 13.2. The SMILES string of the molecule is O=C(Nc1cnc(-n2nccn2)c(Cl)c1)N1CCN(C2CCOCC2)c2c(Br)cncc21. The number of carbonyl (C=O) groups is 1. The lowest BCUT2D eigenvalue weighted by atomic mass is 10.0. The number of hydrogen-bond donors (Lipinski definition) is 1. The Labute approximate surface area is 197 Å². The van der Waals surface area contributed by atoms with Crippen LogP contribution in [0, 0.1) is 0 Å². The van der Waals surface area contributed by atoms with Gasteiger partial charge in [0.15, 0.2) is 5.82 Å². The molecule has 0 aromatic carbocycles. The number of urea groups is 1. The number of nitrogens with one attached hydrogen (secondary N) is 1. The van der Waals surface area contributed by atoms with E-state index in [1.807, 2.05) is 0 Å². The average molecular weight is 520 g/mol. The van der Waals surface area contributed by atoms with Crippen molar-refractivity contribution in [2.45, 2.75) is 18.9 Å². The molecule has 0 spiro atoms. The number of amides is 2. The highest BCUT2D eigenvalue weighted by Gasteiger charge is 2.33. The van der Waals surface area contributed by atoms with Crippen LogP contribution in [0.5, 0.6) is 0 Å². The van der Waals surface area contributed by atoms with Gasteiger partial charge in [0.05, 0.1) is 51.3 Å². The zero-order valence-electron chi connectivity index (χ0n) is 17.0. The summed E-state index contributed by atoms with van der Waals surface area (Å²) in [5, 5.41) is 11.3. The van der Waals surface area contributed by atoms with E-state index in [4.69, 9.17) is 16.3 Å². The molecule has 5 rings (SSSR count). The molecule has 1 fully saturated rings. The van der Waals surface area contributed by atoms with Gasteiger partial charge < -0.3 is 15.0 Å². The Hall–Kier alpha value is -2.76. The van der Waals surface area contributed by atoms with Crippen molar-refractivity contribution in [3.05, 3.63) is 46.5 Å². The van der Waals surface area contributed by atoms with Gasteiger partial charge in [-0.2, -0.15) is 10.2 Å². The fraction of sp³-hybridized carbons (Fsp3) is 0.350. The molecule has 0 unspecified atom stereocenters. The Morgan fingerprint density at radius 2 is 1.94 bits per heavy atom. The second-order valence-corrected chi connectivity index (χ2v) is 8.72. The van der Waals surface area contributed by atoms with E-state index in [0.29, 0.717) is 29.1 Å². The molecule has 10 nitrogen and oxygen atoms in total. The molecular formula is C20H20BrClN8O2. The highest BCUT2D eigenvalue weighted by molar-refractivity contribution is 9.10. The number of hydrogen-bond acceptors (Lipinski definition) is 7. The predicted molar refractivity (Wildman–Crippen MR) is 124 cm³/mol. The van der Waals surface area contributed by atoms with Gasteiger partial charge in [-0.25, -0.2) is 9.78 Å². The lowest BCUT2D eigenvalue weighted by molar-refractivity contribution is 0.0843. The summed E-state index contributed by atoms with van der Waals surface area (Å²) >= 11 is 9.97. The molecule has 12 heteroatoms. The normalized spacial score (nSPS) is 16.7. The second-order valence-electron chi connectivity index (χ2n) is 7.46. The number of anilines is 3. The van der Waals surface area contributed by atoms with Crippen LogP contribution >= 0.6 is 27.5 Å². The highest BCUT2D eigenvalue weighted by Crippen LogP contribution is 2.41. The summed E-state index contributed by atoms with van der Waals surface area (Å²) < 4.78 is 6.39. The summed E-state index contributed by atoms with van der Waals surface area (Å²) in [5.74, 6) is 0.387. The highest BCUT2D eigenvalue weighted by atomic mass is 79.9. The standard InChI is InChI=1S/C20H20BrClN8O2/c21-15-11-23-12-17-18(15)28(14-1-7-32-8-2-14)5-6-29(17)20(31)27-13-9-16(22)19(24-10-13)30-25-3-4-26-30/h3-4,9-12,14H,1-2,5-8H2,(H,27,31). The van der Waals surface area contributed by atoms with Gasteiger partial charge in [0.1, 0.15) is 0 Å². The van der Waals surface area contributed by atoms with Crippen LogP contribution < -0.4 is 15.1 Å². The number of rotatable bonds is 3. The van der Waals surface area contributed by atoms with Crippen LogP contribution in [0.3, 0.4) is 0 Å². The van der Waals surface area contributed by atoms with Crippen molar-refractivity contribution in [1.29, 1.82) is 0 Å². The van der Waals surface area contributed by atoms with Crippen LogP contribution in [0.25, 0.3) is 5.82 Å². The van der Waals surface area contributed by atoms with Crippen molar-refractivity contribution in [2.24, 2.45) is 0 Å².